The molecule has 0 saturated carbocycles. The number of carbonyl (C=O) groups is 2. The highest BCUT2D eigenvalue weighted by molar-refractivity contribution is 5.99. The summed E-state index contributed by atoms with van der Waals surface area (Å²) in [4.78, 5) is 25.1. The second-order valence-electron chi connectivity index (χ2n) is 6.95. The number of aromatic nitrogens is 2. The maximum Gasteiger partial charge on any atom is 0.248 e. The fourth-order valence-electron chi connectivity index (χ4n) is 3.45. The molecular formula is C21H22N4O4. The van der Waals surface area contributed by atoms with Crippen LogP contribution in [0.4, 0.5) is 0 Å². The van der Waals surface area contributed by atoms with Gasteiger partial charge in [0, 0.05) is 31.0 Å². The van der Waals surface area contributed by atoms with Crippen molar-refractivity contribution in [1.82, 2.24) is 14.7 Å². The van der Waals surface area contributed by atoms with Gasteiger partial charge < -0.3 is 20.1 Å². The molecule has 2 amide bonds. The van der Waals surface area contributed by atoms with E-state index in [-0.39, 0.29) is 5.91 Å². The zero-order valence-electron chi connectivity index (χ0n) is 16.1. The molecule has 3 aromatic rings. The number of nitrogens with two attached hydrogens (primary N) is 1. The quantitative estimate of drug-likeness (QED) is 0.664. The third kappa shape index (κ3) is 4.01. The number of nitrogens with zero attached hydrogens (tertiary/aromatic N) is 3. The maximum atomic E-state index is 11.6. The van der Waals surface area contributed by atoms with E-state index < -0.39 is 5.91 Å². The summed E-state index contributed by atoms with van der Waals surface area (Å²) in [6.07, 6.45) is 3.22. The van der Waals surface area contributed by atoms with Crippen molar-refractivity contribution in [2.75, 3.05) is 19.7 Å². The Morgan fingerprint density at radius 2 is 1.97 bits per heavy atom. The Bertz CT molecular complexity index is 1060. The molecule has 2 heterocycles. The Balaban J connectivity index is 1.45. The average Bonchev–Trinajstić information content (AvgIpc) is 3.29. The van der Waals surface area contributed by atoms with Gasteiger partial charge in [-0.05, 0) is 42.8 Å². The van der Waals surface area contributed by atoms with Gasteiger partial charge in [0.1, 0.15) is 23.6 Å². The average molecular weight is 394 g/mol. The molecule has 1 aliphatic heterocycles. The Morgan fingerprint density at radius 3 is 2.66 bits per heavy atom. The highest BCUT2D eigenvalue weighted by atomic mass is 16.5. The van der Waals surface area contributed by atoms with Crippen LogP contribution in [0.2, 0.25) is 0 Å². The molecule has 1 fully saturated rings. The van der Waals surface area contributed by atoms with Gasteiger partial charge in [0.2, 0.25) is 11.8 Å². The number of rotatable bonds is 7. The van der Waals surface area contributed by atoms with Gasteiger partial charge in [0.05, 0.1) is 12.7 Å². The van der Waals surface area contributed by atoms with E-state index in [4.69, 9.17) is 15.2 Å². The number of aryl methyl sites for hydroxylation is 1. The predicted octanol–water partition coefficient (Wildman–Crippen LogP) is 2.47. The van der Waals surface area contributed by atoms with Gasteiger partial charge >= 0.3 is 0 Å². The molecule has 1 aromatic heterocycles. The fraction of sp³-hybridized carbons (Fsp3) is 0.286. The lowest BCUT2D eigenvalue weighted by Crippen LogP contribution is -2.29. The molecule has 2 N–H and O–H groups in total. The number of hydrogen-bond acceptors (Lipinski definition) is 5. The van der Waals surface area contributed by atoms with Crippen LogP contribution in [0.3, 0.4) is 0 Å². The fourth-order valence-corrected chi connectivity index (χ4v) is 3.45. The van der Waals surface area contributed by atoms with Crippen molar-refractivity contribution in [3.8, 4) is 17.2 Å². The Labute approximate surface area is 167 Å². The normalized spacial score (nSPS) is 13.8. The molecule has 8 nitrogen and oxygen atoms in total. The zero-order chi connectivity index (χ0) is 20.4. The number of amides is 2. The first-order chi connectivity index (χ1) is 14.0. The highest BCUT2D eigenvalue weighted by Crippen LogP contribution is 2.32. The molecule has 29 heavy (non-hydrogen) atoms. The summed E-state index contributed by atoms with van der Waals surface area (Å²) < 4.78 is 13.4. The number of benzene rings is 2. The highest BCUT2D eigenvalue weighted by Gasteiger charge is 2.19. The van der Waals surface area contributed by atoms with E-state index >= 15 is 0 Å². The molecule has 0 bridgehead atoms. The Morgan fingerprint density at radius 1 is 1.21 bits per heavy atom. The lowest BCUT2D eigenvalue weighted by Gasteiger charge is -2.16. The van der Waals surface area contributed by atoms with E-state index in [0.29, 0.717) is 42.4 Å². The number of hydrogen-bond donors (Lipinski definition) is 1. The SMILES string of the molecule is Cn1ncc2cc(C(N)=O)cc(Oc3ccc(OCCN4CCCC4=O)cc3)c21. The van der Waals surface area contributed by atoms with Gasteiger partial charge in [-0.1, -0.05) is 0 Å². The van der Waals surface area contributed by atoms with Gasteiger partial charge in [-0.2, -0.15) is 5.10 Å². The summed E-state index contributed by atoms with van der Waals surface area (Å²) in [5, 5.41) is 4.99. The van der Waals surface area contributed by atoms with Gasteiger partial charge in [-0.15, -0.1) is 0 Å². The number of primary amides is 1. The molecule has 2 aromatic carbocycles. The molecule has 8 heteroatoms. The molecular weight excluding hydrogens is 372 g/mol. The van der Waals surface area contributed by atoms with Crippen molar-refractivity contribution in [1.29, 1.82) is 0 Å². The summed E-state index contributed by atoms with van der Waals surface area (Å²) in [5.41, 5.74) is 6.56. The standard InChI is InChI=1S/C21H22N4O4/c1-24-20-15(13-23-24)11-14(21(22)27)12-18(20)29-17-6-4-16(5-7-17)28-10-9-25-8-2-3-19(25)26/h4-7,11-13H,2-3,8-10H2,1H3,(H2,22,27). The molecule has 0 aliphatic carbocycles. The monoisotopic (exact) mass is 394 g/mol. The number of fused-ring (bicyclic) bond motifs is 1. The lowest BCUT2D eigenvalue weighted by atomic mass is 10.1. The molecule has 0 spiro atoms. The second-order valence-corrected chi connectivity index (χ2v) is 6.95. The summed E-state index contributed by atoms with van der Waals surface area (Å²) >= 11 is 0. The van der Waals surface area contributed by atoms with E-state index in [1.165, 1.54) is 0 Å². The number of likely N-dealkylation sites (tertiary alicyclic amines) is 1. The van der Waals surface area contributed by atoms with Crippen LogP contribution in [0.1, 0.15) is 23.2 Å². The molecule has 4 rings (SSSR count). The topological polar surface area (TPSA) is 99.7 Å². The lowest BCUT2D eigenvalue weighted by molar-refractivity contribution is -0.128. The molecule has 1 aliphatic rings. The van der Waals surface area contributed by atoms with Crippen LogP contribution >= 0.6 is 0 Å². The number of carbonyl (C=O) groups excluding carboxylic acids is 2. The van der Waals surface area contributed by atoms with Gasteiger partial charge in [0.25, 0.3) is 0 Å². The molecule has 1 saturated heterocycles. The van der Waals surface area contributed by atoms with Crippen LogP contribution in [0.5, 0.6) is 17.2 Å². The summed E-state index contributed by atoms with van der Waals surface area (Å²) in [6.45, 7) is 1.85. The van der Waals surface area contributed by atoms with E-state index in [0.717, 1.165) is 23.9 Å². The molecule has 150 valence electrons. The number of ether oxygens (including phenoxy) is 2. The van der Waals surface area contributed by atoms with Crippen LogP contribution in [0.15, 0.2) is 42.6 Å². The molecule has 0 unspecified atom stereocenters. The van der Waals surface area contributed by atoms with Crippen molar-refractivity contribution in [2.24, 2.45) is 12.8 Å². The van der Waals surface area contributed by atoms with Gasteiger partial charge in [-0.3, -0.25) is 14.3 Å². The summed E-state index contributed by atoms with van der Waals surface area (Å²) in [7, 11) is 1.81. The third-order valence-electron chi connectivity index (χ3n) is 4.94. The van der Waals surface area contributed by atoms with Crippen LogP contribution in [-0.4, -0.2) is 46.2 Å². The Hall–Kier alpha value is -3.55. The second kappa shape index (κ2) is 7.83. The molecule has 0 atom stereocenters. The smallest absolute Gasteiger partial charge is 0.248 e. The minimum absolute atomic E-state index is 0.192. The van der Waals surface area contributed by atoms with Gasteiger partial charge in [0.15, 0.2) is 5.75 Å². The van der Waals surface area contributed by atoms with Gasteiger partial charge in [-0.25, -0.2) is 0 Å². The third-order valence-corrected chi connectivity index (χ3v) is 4.94. The van der Waals surface area contributed by atoms with E-state index in [1.807, 2.05) is 4.90 Å². The van der Waals surface area contributed by atoms with Crippen LogP contribution in [0.25, 0.3) is 10.9 Å². The predicted molar refractivity (Wildman–Crippen MR) is 107 cm³/mol. The van der Waals surface area contributed by atoms with E-state index in [9.17, 15) is 9.59 Å². The van der Waals surface area contributed by atoms with Crippen molar-refractivity contribution in [2.45, 2.75) is 12.8 Å². The minimum Gasteiger partial charge on any atom is -0.492 e. The van der Waals surface area contributed by atoms with E-state index in [2.05, 4.69) is 5.10 Å². The Kier molecular flexibility index (Phi) is 5.07. The largest absolute Gasteiger partial charge is 0.492 e. The van der Waals surface area contributed by atoms with Crippen LogP contribution in [-0.2, 0) is 11.8 Å². The first kappa shape index (κ1) is 18.8. The maximum absolute atomic E-state index is 11.6. The van der Waals surface area contributed by atoms with Crippen molar-refractivity contribution in [3.05, 3.63) is 48.2 Å². The van der Waals surface area contributed by atoms with Crippen molar-refractivity contribution >= 4 is 22.7 Å². The molecule has 0 radical (unpaired) electrons. The van der Waals surface area contributed by atoms with Crippen LogP contribution in [0, 0.1) is 0 Å². The van der Waals surface area contributed by atoms with Crippen molar-refractivity contribution < 1.29 is 19.1 Å². The summed E-state index contributed by atoms with van der Waals surface area (Å²) in [5.74, 6) is 1.45. The first-order valence-corrected chi connectivity index (χ1v) is 9.45. The van der Waals surface area contributed by atoms with E-state index in [1.54, 1.807) is 54.3 Å². The summed E-state index contributed by atoms with van der Waals surface area (Å²) in [6, 6.07) is 10.5. The first-order valence-electron chi connectivity index (χ1n) is 9.45. The zero-order valence-corrected chi connectivity index (χ0v) is 16.1. The van der Waals surface area contributed by atoms with Crippen LogP contribution < -0.4 is 15.2 Å². The van der Waals surface area contributed by atoms with Crippen molar-refractivity contribution in [3.63, 3.8) is 0 Å². The minimum atomic E-state index is -0.527.